The van der Waals surface area contributed by atoms with Crippen LogP contribution in [0.2, 0.25) is 5.02 Å². The van der Waals surface area contributed by atoms with Crippen LogP contribution >= 0.6 is 11.6 Å². The molecule has 7 heteroatoms. The summed E-state index contributed by atoms with van der Waals surface area (Å²) in [6.07, 6.45) is 6.78. The van der Waals surface area contributed by atoms with E-state index in [1.165, 1.54) is 7.11 Å². The standard InChI is InChI=1S/C21H17ClN2O4/c1-3-10-28-18-9-6-15(12-19(18)27-2)11-17-20(25)24(21(26)23-17)13-14-4-7-16(22)8-5-14/h1,4-9,11-12H,10,13H2,2H3,(H,23,26)/b17-11+. The summed E-state index contributed by atoms with van der Waals surface area (Å²) in [6.45, 7) is 0.270. The van der Waals surface area contributed by atoms with E-state index in [0.717, 1.165) is 10.5 Å². The Labute approximate surface area is 167 Å². The van der Waals surface area contributed by atoms with E-state index in [9.17, 15) is 9.59 Å². The molecule has 3 rings (SSSR count). The lowest BCUT2D eigenvalue weighted by Gasteiger charge is -2.11. The van der Waals surface area contributed by atoms with Gasteiger partial charge in [-0.15, -0.1) is 6.42 Å². The van der Waals surface area contributed by atoms with Crippen molar-refractivity contribution in [1.82, 2.24) is 10.2 Å². The van der Waals surface area contributed by atoms with Crippen molar-refractivity contribution >= 4 is 29.6 Å². The largest absolute Gasteiger partial charge is 0.493 e. The molecule has 0 aromatic heterocycles. The SMILES string of the molecule is C#CCOc1ccc(/C=C2/NC(=O)N(Cc3ccc(Cl)cc3)C2=O)cc1OC. The fourth-order valence-corrected chi connectivity index (χ4v) is 2.79. The van der Waals surface area contributed by atoms with Gasteiger partial charge in [0.2, 0.25) is 0 Å². The first-order chi connectivity index (χ1) is 13.5. The summed E-state index contributed by atoms with van der Waals surface area (Å²) < 4.78 is 10.7. The third-order valence-electron chi connectivity index (χ3n) is 4.03. The Balaban J connectivity index is 1.79. The number of hydrogen-bond acceptors (Lipinski definition) is 4. The minimum absolute atomic E-state index is 0.116. The predicted molar refractivity (Wildman–Crippen MR) is 106 cm³/mol. The van der Waals surface area contributed by atoms with Gasteiger partial charge >= 0.3 is 6.03 Å². The quantitative estimate of drug-likeness (QED) is 0.461. The summed E-state index contributed by atoms with van der Waals surface area (Å²) in [6, 6.07) is 11.6. The van der Waals surface area contributed by atoms with Crippen molar-refractivity contribution in [3.63, 3.8) is 0 Å². The molecule has 28 heavy (non-hydrogen) atoms. The van der Waals surface area contributed by atoms with Gasteiger partial charge in [-0.1, -0.05) is 35.7 Å². The number of halogens is 1. The van der Waals surface area contributed by atoms with Crippen LogP contribution in [0.1, 0.15) is 11.1 Å². The highest BCUT2D eigenvalue weighted by molar-refractivity contribution is 6.30. The highest BCUT2D eigenvalue weighted by Crippen LogP contribution is 2.29. The number of ether oxygens (including phenoxy) is 2. The van der Waals surface area contributed by atoms with Gasteiger partial charge in [-0.25, -0.2) is 4.79 Å². The maximum atomic E-state index is 12.6. The minimum atomic E-state index is -0.480. The van der Waals surface area contributed by atoms with Crippen LogP contribution in [-0.4, -0.2) is 30.6 Å². The molecule has 0 bridgehead atoms. The van der Waals surface area contributed by atoms with E-state index in [1.54, 1.807) is 48.5 Å². The van der Waals surface area contributed by atoms with E-state index in [4.69, 9.17) is 27.5 Å². The molecule has 142 valence electrons. The van der Waals surface area contributed by atoms with Crippen molar-refractivity contribution < 1.29 is 19.1 Å². The van der Waals surface area contributed by atoms with Crippen molar-refractivity contribution in [1.29, 1.82) is 0 Å². The zero-order chi connectivity index (χ0) is 20.1. The van der Waals surface area contributed by atoms with Crippen LogP contribution in [-0.2, 0) is 11.3 Å². The van der Waals surface area contributed by atoms with Crippen LogP contribution in [0.3, 0.4) is 0 Å². The van der Waals surface area contributed by atoms with E-state index in [0.29, 0.717) is 22.1 Å². The highest BCUT2D eigenvalue weighted by Gasteiger charge is 2.33. The number of hydrogen-bond donors (Lipinski definition) is 1. The number of urea groups is 1. The van der Waals surface area contributed by atoms with Crippen molar-refractivity contribution in [2.75, 3.05) is 13.7 Å². The number of carbonyl (C=O) groups is 2. The number of nitrogens with one attached hydrogen (secondary N) is 1. The van der Waals surface area contributed by atoms with Crippen molar-refractivity contribution in [2.24, 2.45) is 0 Å². The Hall–Kier alpha value is -3.43. The Morgan fingerprint density at radius 1 is 1.18 bits per heavy atom. The average Bonchev–Trinajstić information content (AvgIpc) is 2.95. The lowest BCUT2D eigenvalue weighted by atomic mass is 10.1. The van der Waals surface area contributed by atoms with Gasteiger partial charge in [0, 0.05) is 5.02 Å². The van der Waals surface area contributed by atoms with Gasteiger partial charge in [0.15, 0.2) is 11.5 Å². The molecule has 0 radical (unpaired) electrons. The van der Waals surface area contributed by atoms with Gasteiger partial charge in [0.05, 0.1) is 13.7 Å². The summed E-state index contributed by atoms with van der Waals surface area (Å²) in [7, 11) is 1.51. The van der Waals surface area contributed by atoms with Crippen molar-refractivity contribution in [2.45, 2.75) is 6.54 Å². The normalized spacial score (nSPS) is 14.8. The zero-order valence-corrected chi connectivity index (χ0v) is 15.8. The van der Waals surface area contributed by atoms with Gasteiger partial charge in [-0.2, -0.15) is 0 Å². The molecule has 3 amide bonds. The Morgan fingerprint density at radius 3 is 2.61 bits per heavy atom. The average molecular weight is 397 g/mol. The molecule has 1 fully saturated rings. The van der Waals surface area contributed by atoms with Gasteiger partial charge < -0.3 is 14.8 Å². The number of benzene rings is 2. The minimum Gasteiger partial charge on any atom is -0.493 e. The number of nitrogens with zero attached hydrogens (tertiary/aromatic N) is 1. The molecule has 1 N–H and O–H groups in total. The Kier molecular flexibility index (Phi) is 5.87. The summed E-state index contributed by atoms with van der Waals surface area (Å²) in [4.78, 5) is 26.0. The van der Waals surface area contributed by atoms with E-state index >= 15 is 0 Å². The zero-order valence-electron chi connectivity index (χ0n) is 15.1. The van der Waals surface area contributed by atoms with E-state index < -0.39 is 11.9 Å². The second-order valence-electron chi connectivity index (χ2n) is 5.91. The van der Waals surface area contributed by atoms with Gasteiger partial charge in [0.25, 0.3) is 5.91 Å². The second-order valence-corrected chi connectivity index (χ2v) is 6.35. The number of rotatable bonds is 6. The molecule has 0 unspecified atom stereocenters. The first-order valence-corrected chi connectivity index (χ1v) is 8.73. The summed E-state index contributed by atoms with van der Waals surface area (Å²) >= 11 is 5.87. The molecular formula is C21H17ClN2O4. The molecule has 1 heterocycles. The molecule has 0 saturated carbocycles. The first kappa shape index (κ1) is 19.3. The third-order valence-corrected chi connectivity index (χ3v) is 4.28. The molecule has 1 aliphatic rings. The van der Waals surface area contributed by atoms with E-state index in [2.05, 4.69) is 11.2 Å². The lowest BCUT2D eigenvalue weighted by molar-refractivity contribution is -0.123. The monoisotopic (exact) mass is 396 g/mol. The first-order valence-electron chi connectivity index (χ1n) is 8.35. The molecule has 1 saturated heterocycles. The van der Waals surface area contributed by atoms with Crippen molar-refractivity contribution in [3.8, 4) is 23.8 Å². The number of methoxy groups -OCH3 is 1. The highest BCUT2D eigenvalue weighted by atomic mass is 35.5. The van der Waals surface area contributed by atoms with Crippen LogP contribution in [0.15, 0.2) is 48.2 Å². The topological polar surface area (TPSA) is 67.9 Å². The predicted octanol–water partition coefficient (Wildman–Crippen LogP) is 3.45. The van der Waals surface area contributed by atoms with Crippen molar-refractivity contribution in [3.05, 3.63) is 64.3 Å². The number of amides is 3. The second kappa shape index (κ2) is 8.51. The lowest BCUT2D eigenvalue weighted by Crippen LogP contribution is -2.30. The summed E-state index contributed by atoms with van der Waals surface area (Å²) in [5, 5.41) is 3.18. The van der Waals surface area contributed by atoms with Gasteiger partial charge in [-0.05, 0) is 41.5 Å². The fourth-order valence-electron chi connectivity index (χ4n) is 2.67. The summed E-state index contributed by atoms with van der Waals surface area (Å²) in [5.41, 5.74) is 1.64. The number of carbonyl (C=O) groups excluding carboxylic acids is 2. The fraction of sp³-hybridized carbons (Fsp3) is 0.143. The van der Waals surface area contributed by atoms with E-state index in [1.807, 2.05) is 0 Å². The smallest absolute Gasteiger partial charge is 0.329 e. The molecule has 1 aliphatic heterocycles. The molecule has 2 aromatic rings. The molecule has 6 nitrogen and oxygen atoms in total. The van der Waals surface area contributed by atoms with Crippen LogP contribution in [0.25, 0.3) is 6.08 Å². The van der Waals surface area contributed by atoms with Gasteiger partial charge in [-0.3, -0.25) is 9.69 Å². The number of imide groups is 1. The third kappa shape index (κ3) is 4.27. The van der Waals surface area contributed by atoms with Crippen LogP contribution in [0.4, 0.5) is 4.79 Å². The molecule has 2 aromatic carbocycles. The summed E-state index contributed by atoms with van der Waals surface area (Å²) in [5.74, 6) is 2.94. The van der Waals surface area contributed by atoms with Crippen LogP contribution in [0.5, 0.6) is 11.5 Å². The van der Waals surface area contributed by atoms with Crippen LogP contribution in [0, 0.1) is 12.3 Å². The Morgan fingerprint density at radius 2 is 1.93 bits per heavy atom. The molecule has 0 aliphatic carbocycles. The maximum Gasteiger partial charge on any atom is 0.329 e. The maximum absolute atomic E-state index is 12.6. The Bertz CT molecular complexity index is 977. The van der Waals surface area contributed by atoms with Gasteiger partial charge in [0.1, 0.15) is 12.3 Å². The molecular weight excluding hydrogens is 380 g/mol. The number of terminal acetylenes is 1. The molecule has 0 atom stereocenters. The molecule has 0 spiro atoms. The van der Waals surface area contributed by atoms with Crippen LogP contribution < -0.4 is 14.8 Å². The van der Waals surface area contributed by atoms with E-state index in [-0.39, 0.29) is 18.8 Å².